The highest BCUT2D eigenvalue weighted by atomic mass is 32.2. The maximum Gasteiger partial charge on any atom is 0.371 e. The van der Waals surface area contributed by atoms with E-state index in [1.54, 1.807) is 24.4 Å². The quantitative estimate of drug-likeness (QED) is 0.744. The molecule has 0 atom stereocenters. The van der Waals surface area contributed by atoms with E-state index in [2.05, 4.69) is 4.98 Å². The molecular weight excluding hydrogens is 292 g/mol. The molecule has 0 saturated carbocycles. The molecule has 0 radical (unpaired) electrons. The van der Waals surface area contributed by atoms with Crippen LogP contribution in [-0.4, -0.2) is 20.5 Å². The number of hydrogen-bond acceptors (Lipinski definition) is 5. The zero-order valence-electron chi connectivity index (χ0n) is 10.7. The Morgan fingerprint density at radius 1 is 1.33 bits per heavy atom. The molecule has 0 unspecified atom stereocenters. The largest absolute Gasteiger partial charge is 0.475 e. The lowest BCUT2D eigenvalue weighted by Gasteiger charge is -2.02. The second-order valence-electron chi connectivity index (χ2n) is 4.23. The van der Waals surface area contributed by atoms with E-state index in [1.807, 2.05) is 6.07 Å². The molecular formula is C14H10N2O4S. The summed E-state index contributed by atoms with van der Waals surface area (Å²) in [7, 11) is 0. The Labute approximate surface area is 123 Å². The van der Waals surface area contributed by atoms with Crippen LogP contribution in [-0.2, 0) is 5.75 Å². The number of carbonyl (C=O) groups is 1. The van der Waals surface area contributed by atoms with E-state index < -0.39 is 5.97 Å². The summed E-state index contributed by atoms with van der Waals surface area (Å²) in [5.41, 5.74) is 1.04. The predicted octanol–water partition coefficient (Wildman–Crippen LogP) is 2.28. The van der Waals surface area contributed by atoms with E-state index >= 15 is 0 Å². The Morgan fingerprint density at radius 3 is 2.95 bits per heavy atom. The summed E-state index contributed by atoms with van der Waals surface area (Å²) in [5.74, 6) is -0.791. The molecule has 0 aliphatic heterocycles. The van der Waals surface area contributed by atoms with E-state index in [0.717, 1.165) is 0 Å². The number of aromatic nitrogens is 2. The van der Waals surface area contributed by atoms with Gasteiger partial charge in [-0.15, -0.1) is 0 Å². The summed E-state index contributed by atoms with van der Waals surface area (Å²) in [5, 5.41) is 9.25. The molecule has 3 rings (SSSR count). The number of aromatic carboxylic acids is 1. The number of thioether (sulfide) groups is 1. The van der Waals surface area contributed by atoms with Crippen molar-refractivity contribution in [3.63, 3.8) is 0 Å². The van der Waals surface area contributed by atoms with Gasteiger partial charge in [0.15, 0.2) is 5.09 Å². The molecule has 7 heteroatoms. The number of pyridine rings is 1. The molecule has 0 aliphatic rings. The highest BCUT2D eigenvalue weighted by Crippen LogP contribution is 2.24. The van der Waals surface area contributed by atoms with Crippen LogP contribution < -0.4 is 5.56 Å². The van der Waals surface area contributed by atoms with E-state index in [1.165, 1.54) is 28.3 Å². The van der Waals surface area contributed by atoms with Crippen molar-refractivity contribution in [3.05, 3.63) is 64.4 Å². The fourth-order valence-corrected chi connectivity index (χ4v) is 2.59. The van der Waals surface area contributed by atoms with E-state index in [4.69, 9.17) is 9.52 Å². The first-order valence-corrected chi connectivity index (χ1v) is 7.05. The zero-order chi connectivity index (χ0) is 14.8. The number of hydrogen-bond donors (Lipinski definition) is 1. The van der Waals surface area contributed by atoms with Gasteiger partial charge in [0.05, 0.1) is 5.69 Å². The molecule has 3 aromatic heterocycles. The molecule has 1 N–H and O–H groups in total. The van der Waals surface area contributed by atoms with Crippen molar-refractivity contribution in [1.29, 1.82) is 0 Å². The highest BCUT2D eigenvalue weighted by molar-refractivity contribution is 7.98. The van der Waals surface area contributed by atoms with Gasteiger partial charge in [-0.3, -0.25) is 9.20 Å². The van der Waals surface area contributed by atoms with Gasteiger partial charge in [0, 0.05) is 18.0 Å². The van der Waals surface area contributed by atoms with Gasteiger partial charge < -0.3 is 9.52 Å². The Bertz CT molecular complexity index is 869. The van der Waals surface area contributed by atoms with Crippen molar-refractivity contribution in [3.8, 4) is 0 Å². The number of furan rings is 1. The SMILES string of the molecule is O=C(O)c1ccc(SCc2cc(=O)n3ccccc3n2)o1. The number of carboxylic acid groups (broad SMARTS) is 1. The van der Waals surface area contributed by atoms with E-state index in [-0.39, 0.29) is 11.3 Å². The second kappa shape index (κ2) is 5.45. The Morgan fingerprint density at radius 2 is 2.19 bits per heavy atom. The minimum Gasteiger partial charge on any atom is -0.475 e. The maximum absolute atomic E-state index is 11.9. The van der Waals surface area contributed by atoms with Gasteiger partial charge in [-0.2, -0.15) is 0 Å². The van der Waals surface area contributed by atoms with Crippen molar-refractivity contribution < 1.29 is 14.3 Å². The molecule has 6 nitrogen and oxygen atoms in total. The topological polar surface area (TPSA) is 84.8 Å². The van der Waals surface area contributed by atoms with Gasteiger partial charge in [0.25, 0.3) is 5.56 Å². The Kier molecular flexibility index (Phi) is 3.49. The fraction of sp³-hybridized carbons (Fsp3) is 0.0714. The van der Waals surface area contributed by atoms with Crippen molar-refractivity contribution in [2.45, 2.75) is 10.8 Å². The summed E-state index contributed by atoms with van der Waals surface area (Å²) in [6.07, 6.45) is 1.66. The van der Waals surface area contributed by atoms with Crippen LogP contribution in [0.15, 0.2) is 56.9 Å². The molecule has 0 saturated heterocycles. The van der Waals surface area contributed by atoms with E-state index in [0.29, 0.717) is 22.2 Å². The lowest BCUT2D eigenvalue weighted by atomic mass is 10.4. The van der Waals surface area contributed by atoms with Gasteiger partial charge in [-0.25, -0.2) is 9.78 Å². The number of carboxylic acids is 1. The van der Waals surface area contributed by atoms with Crippen LogP contribution in [0.2, 0.25) is 0 Å². The number of nitrogens with zero attached hydrogens (tertiary/aromatic N) is 2. The molecule has 0 spiro atoms. The molecule has 0 amide bonds. The second-order valence-corrected chi connectivity index (χ2v) is 5.21. The van der Waals surface area contributed by atoms with Crippen molar-refractivity contribution in [1.82, 2.24) is 9.38 Å². The number of fused-ring (bicyclic) bond motifs is 1. The molecule has 0 fully saturated rings. The van der Waals surface area contributed by atoms with Gasteiger partial charge in [0.1, 0.15) is 5.65 Å². The first kappa shape index (κ1) is 13.4. The minimum atomic E-state index is -1.11. The third-order valence-corrected chi connectivity index (χ3v) is 3.72. The fourth-order valence-electron chi connectivity index (χ4n) is 1.83. The van der Waals surface area contributed by atoms with Crippen LogP contribution >= 0.6 is 11.8 Å². The first-order chi connectivity index (χ1) is 10.1. The third kappa shape index (κ3) is 2.82. The zero-order valence-corrected chi connectivity index (χ0v) is 11.5. The average Bonchev–Trinajstić information content (AvgIpc) is 2.94. The molecule has 0 bridgehead atoms. The van der Waals surface area contributed by atoms with Crippen LogP contribution in [0.5, 0.6) is 0 Å². The lowest BCUT2D eigenvalue weighted by molar-refractivity contribution is 0.0656. The number of rotatable bonds is 4. The summed E-state index contributed by atoms with van der Waals surface area (Å²) < 4.78 is 6.60. The normalized spacial score (nSPS) is 10.9. The molecule has 21 heavy (non-hydrogen) atoms. The van der Waals surface area contributed by atoms with Gasteiger partial charge >= 0.3 is 5.97 Å². The summed E-state index contributed by atoms with van der Waals surface area (Å²) in [4.78, 5) is 27.0. The van der Waals surface area contributed by atoms with Crippen LogP contribution in [0, 0.1) is 0 Å². The Balaban J connectivity index is 1.81. The lowest BCUT2D eigenvalue weighted by Crippen LogP contribution is -2.14. The minimum absolute atomic E-state index is 0.107. The molecule has 3 aromatic rings. The third-order valence-electron chi connectivity index (χ3n) is 2.78. The smallest absolute Gasteiger partial charge is 0.371 e. The predicted molar refractivity (Wildman–Crippen MR) is 76.7 cm³/mol. The summed E-state index contributed by atoms with van der Waals surface area (Å²) in [6.45, 7) is 0. The van der Waals surface area contributed by atoms with Crippen LogP contribution in [0.1, 0.15) is 16.2 Å². The van der Waals surface area contributed by atoms with Gasteiger partial charge in [-0.1, -0.05) is 17.8 Å². The highest BCUT2D eigenvalue weighted by Gasteiger charge is 2.10. The van der Waals surface area contributed by atoms with Crippen LogP contribution in [0.4, 0.5) is 0 Å². The van der Waals surface area contributed by atoms with Crippen molar-refractivity contribution >= 4 is 23.4 Å². The van der Waals surface area contributed by atoms with Gasteiger partial charge in [-0.05, 0) is 24.3 Å². The van der Waals surface area contributed by atoms with Crippen LogP contribution in [0.25, 0.3) is 5.65 Å². The van der Waals surface area contributed by atoms with Crippen LogP contribution in [0.3, 0.4) is 0 Å². The van der Waals surface area contributed by atoms with E-state index in [9.17, 15) is 9.59 Å². The monoisotopic (exact) mass is 302 g/mol. The van der Waals surface area contributed by atoms with Crippen molar-refractivity contribution in [2.75, 3.05) is 0 Å². The first-order valence-electron chi connectivity index (χ1n) is 6.07. The van der Waals surface area contributed by atoms with Crippen molar-refractivity contribution in [2.24, 2.45) is 0 Å². The molecule has 0 aliphatic carbocycles. The summed E-state index contributed by atoms with van der Waals surface area (Å²) in [6, 6.07) is 9.77. The molecule has 0 aromatic carbocycles. The molecule has 3 heterocycles. The maximum atomic E-state index is 11.9. The average molecular weight is 302 g/mol. The molecule has 106 valence electrons. The standard InChI is InChI=1S/C14H10N2O4S/c17-12-7-9(15-11-3-1-2-6-16(11)12)8-21-13-5-4-10(20-13)14(18)19/h1-7H,8H2,(H,18,19). The van der Waals surface area contributed by atoms with Gasteiger partial charge in [0.2, 0.25) is 5.76 Å². The summed E-state index contributed by atoms with van der Waals surface area (Å²) >= 11 is 1.29. The Hall–Kier alpha value is -2.54.